The molecule has 1 heterocycles. The van der Waals surface area contributed by atoms with Crippen LogP contribution in [0.1, 0.15) is 26.7 Å². The second-order valence-corrected chi connectivity index (χ2v) is 7.00. The van der Waals surface area contributed by atoms with Crippen molar-refractivity contribution in [3.63, 3.8) is 0 Å². The molecule has 5 heteroatoms. The number of nitrogens with zero attached hydrogens (tertiary/aromatic N) is 1. The number of nitrogens with one attached hydrogen (secondary N) is 1. The number of amides is 1. The second-order valence-electron chi connectivity index (χ2n) is 5.85. The molecule has 1 rings (SSSR count). The molecule has 0 spiro atoms. The van der Waals surface area contributed by atoms with E-state index < -0.39 is 0 Å². The number of aliphatic hydroxyl groups excluding tert-OH is 1. The highest BCUT2D eigenvalue weighted by molar-refractivity contribution is 7.99. The molecule has 106 valence electrons. The average molecular weight is 274 g/mol. The van der Waals surface area contributed by atoms with Crippen LogP contribution in [0.3, 0.4) is 0 Å². The fourth-order valence-electron chi connectivity index (χ4n) is 2.01. The molecule has 1 fully saturated rings. The van der Waals surface area contributed by atoms with Crippen LogP contribution in [0, 0.1) is 5.41 Å². The van der Waals surface area contributed by atoms with Crippen LogP contribution in [0.2, 0.25) is 0 Å². The van der Waals surface area contributed by atoms with Crippen LogP contribution in [0.4, 0.5) is 0 Å². The zero-order valence-corrected chi connectivity index (χ0v) is 12.6. The number of rotatable bonds is 7. The van der Waals surface area contributed by atoms with Gasteiger partial charge in [0.05, 0.1) is 6.54 Å². The van der Waals surface area contributed by atoms with E-state index >= 15 is 0 Å². The summed E-state index contributed by atoms with van der Waals surface area (Å²) < 4.78 is 0. The number of aliphatic hydroxyl groups is 1. The Morgan fingerprint density at radius 1 is 1.56 bits per heavy atom. The number of carbonyl (C=O) groups excluding carboxylic acids is 1. The third kappa shape index (κ3) is 5.59. The molecule has 2 N–H and O–H groups in total. The fourth-order valence-corrected chi connectivity index (χ4v) is 3.31. The number of hydrogen-bond acceptors (Lipinski definition) is 4. The minimum Gasteiger partial charge on any atom is -0.396 e. The van der Waals surface area contributed by atoms with Crippen molar-refractivity contribution in [1.29, 1.82) is 0 Å². The van der Waals surface area contributed by atoms with Gasteiger partial charge in [0.1, 0.15) is 0 Å². The van der Waals surface area contributed by atoms with Gasteiger partial charge in [0.2, 0.25) is 5.91 Å². The quantitative estimate of drug-likeness (QED) is 0.726. The zero-order valence-electron chi connectivity index (χ0n) is 11.7. The molecule has 0 aromatic heterocycles. The van der Waals surface area contributed by atoms with Gasteiger partial charge in [-0.3, -0.25) is 9.69 Å². The lowest BCUT2D eigenvalue weighted by Crippen LogP contribution is -2.43. The lowest BCUT2D eigenvalue weighted by atomic mass is 9.90. The summed E-state index contributed by atoms with van der Waals surface area (Å²) >= 11 is 1.96. The predicted molar refractivity (Wildman–Crippen MR) is 76.9 cm³/mol. The Morgan fingerprint density at radius 2 is 2.28 bits per heavy atom. The molecule has 1 aliphatic rings. The second kappa shape index (κ2) is 7.36. The maximum absolute atomic E-state index is 11.8. The highest BCUT2D eigenvalue weighted by Gasteiger charge is 2.23. The van der Waals surface area contributed by atoms with Crippen LogP contribution in [-0.4, -0.2) is 60.2 Å². The maximum Gasteiger partial charge on any atom is 0.234 e. The van der Waals surface area contributed by atoms with Gasteiger partial charge < -0.3 is 10.4 Å². The monoisotopic (exact) mass is 274 g/mol. The van der Waals surface area contributed by atoms with Crippen molar-refractivity contribution < 1.29 is 9.90 Å². The van der Waals surface area contributed by atoms with Crippen LogP contribution < -0.4 is 5.32 Å². The van der Waals surface area contributed by atoms with Gasteiger partial charge in [-0.05, 0) is 31.1 Å². The Balaban J connectivity index is 2.24. The lowest BCUT2D eigenvalue weighted by Gasteiger charge is -2.26. The number of carbonyl (C=O) groups is 1. The van der Waals surface area contributed by atoms with Crippen LogP contribution in [0.25, 0.3) is 0 Å². The minimum atomic E-state index is -0.0355. The summed E-state index contributed by atoms with van der Waals surface area (Å²) in [7, 11) is 2.02. The van der Waals surface area contributed by atoms with Gasteiger partial charge in [0, 0.05) is 24.9 Å². The zero-order chi connectivity index (χ0) is 13.6. The molecule has 4 nitrogen and oxygen atoms in total. The van der Waals surface area contributed by atoms with Crippen molar-refractivity contribution in [2.45, 2.75) is 32.7 Å². The van der Waals surface area contributed by atoms with Gasteiger partial charge >= 0.3 is 0 Å². The van der Waals surface area contributed by atoms with E-state index in [1.807, 2.05) is 18.8 Å². The first-order valence-corrected chi connectivity index (χ1v) is 7.75. The molecule has 1 saturated heterocycles. The molecule has 0 aromatic rings. The largest absolute Gasteiger partial charge is 0.396 e. The van der Waals surface area contributed by atoms with E-state index in [4.69, 9.17) is 5.11 Å². The number of hydrogen-bond donors (Lipinski definition) is 2. The van der Waals surface area contributed by atoms with Gasteiger partial charge in [-0.25, -0.2) is 0 Å². The van der Waals surface area contributed by atoms with E-state index in [1.54, 1.807) is 0 Å². The molecule has 0 saturated carbocycles. The Kier molecular flexibility index (Phi) is 6.46. The molecule has 0 radical (unpaired) electrons. The fraction of sp³-hybridized carbons (Fsp3) is 0.923. The summed E-state index contributed by atoms with van der Waals surface area (Å²) in [4.78, 5) is 14.0. The number of thioether (sulfide) groups is 1. The smallest absolute Gasteiger partial charge is 0.234 e. The van der Waals surface area contributed by atoms with Gasteiger partial charge in [-0.15, -0.1) is 0 Å². The van der Waals surface area contributed by atoms with Crippen molar-refractivity contribution in [3.8, 4) is 0 Å². The van der Waals surface area contributed by atoms with Crippen LogP contribution in [-0.2, 0) is 4.79 Å². The van der Waals surface area contributed by atoms with Crippen molar-refractivity contribution in [2.24, 2.45) is 5.41 Å². The SMILES string of the molecule is CN(CC(=O)NCC(C)(C)CCO)C1CCSC1. The van der Waals surface area contributed by atoms with Crippen molar-refractivity contribution in [1.82, 2.24) is 10.2 Å². The van der Waals surface area contributed by atoms with Crippen LogP contribution in [0.15, 0.2) is 0 Å². The molecular formula is C13H26N2O2S. The molecule has 1 unspecified atom stereocenters. The predicted octanol–water partition coefficient (Wildman–Crippen LogP) is 0.948. The summed E-state index contributed by atoms with van der Waals surface area (Å²) in [5.41, 5.74) is -0.0355. The third-order valence-corrected chi connectivity index (χ3v) is 4.62. The Bertz CT molecular complexity index is 266. The summed E-state index contributed by atoms with van der Waals surface area (Å²) in [5, 5.41) is 11.9. The Hall–Kier alpha value is -0.260. The van der Waals surface area contributed by atoms with Crippen molar-refractivity contribution >= 4 is 17.7 Å². The van der Waals surface area contributed by atoms with Gasteiger partial charge in [0.15, 0.2) is 0 Å². The molecule has 1 atom stereocenters. The Labute approximate surface area is 115 Å². The maximum atomic E-state index is 11.8. The first-order valence-electron chi connectivity index (χ1n) is 6.60. The summed E-state index contributed by atoms with van der Waals surface area (Å²) in [5.74, 6) is 2.43. The molecule has 18 heavy (non-hydrogen) atoms. The average Bonchev–Trinajstić information content (AvgIpc) is 2.80. The summed E-state index contributed by atoms with van der Waals surface area (Å²) in [6.07, 6.45) is 1.90. The third-order valence-electron chi connectivity index (χ3n) is 3.47. The first kappa shape index (κ1) is 15.8. The molecule has 1 amide bonds. The standard InChI is InChI=1S/C13H26N2O2S/c1-13(2,5-6-16)10-14-12(17)8-15(3)11-4-7-18-9-11/h11,16H,4-10H2,1-3H3,(H,14,17). The molecule has 0 bridgehead atoms. The molecule has 0 aliphatic carbocycles. The first-order chi connectivity index (χ1) is 8.44. The van der Waals surface area contributed by atoms with E-state index in [-0.39, 0.29) is 17.9 Å². The summed E-state index contributed by atoms with van der Waals surface area (Å²) in [6, 6.07) is 0.547. The van der Waals surface area contributed by atoms with Gasteiger partial charge in [-0.1, -0.05) is 13.8 Å². The normalized spacial score (nSPS) is 20.4. The number of likely N-dealkylation sites (N-methyl/N-ethyl adjacent to an activating group) is 1. The molecule has 0 aromatic carbocycles. The lowest BCUT2D eigenvalue weighted by molar-refractivity contribution is -0.122. The highest BCUT2D eigenvalue weighted by atomic mass is 32.2. The van der Waals surface area contributed by atoms with Crippen molar-refractivity contribution in [2.75, 3.05) is 38.2 Å². The van der Waals surface area contributed by atoms with Crippen molar-refractivity contribution in [3.05, 3.63) is 0 Å². The topological polar surface area (TPSA) is 52.6 Å². The highest BCUT2D eigenvalue weighted by Crippen LogP contribution is 2.21. The van der Waals surface area contributed by atoms with Crippen LogP contribution in [0.5, 0.6) is 0 Å². The molecule has 1 aliphatic heterocycles. The van der Waals surface area contributed by atoms with E-state index in [0.717, 1.165) is 5.75 Å². The van der Waals surface area contributed by atoms with Crippen LogP contribution >= 0.6 is 11.8 Å². The summed E-state index contributed by atoms with van der Waals surface area (Å²) in [6.45, 7) is 5.38. The van der Waals surface area contributed by atoms with E-state index in [1.165, 1.54) is 12.2 Å². The Morgan fingerprint density at radius 3 is 2.83 bits per heavy atom. The van der Waals surface area contributed by atoms with E-state index in [9.17, 15) is 4.79 Å². The van der Waals surface area contributed by atoms with E-state index in [0.29, 0.717) is 25.6 Å². The van der Waals surface area contributed by atoms with Gasteiger partial charge in [0.25, 0.3) is 0 Å². The van der Waals surface area contributed by atoms with E-state index in [2.05, 4.69) is 24.1 Å². The molecular weight excluding hydrogens is 248 g/mol. The van der Waals surface area contributed by atoms with Gasteiger partial charge in [-0.2, -0.15) is 11.8 Å². The minimum absolute atomic E-state index is 0.0355.